The van der Waals surface area contributed by atoms with Crippen molar-refractivity contribution < 1.29 is 4.79 Å². The highest BCUT2D eigenvalue weighted by molar-refractivity contribution is 5.94. The molecule has 1 atom stereocenters. The molecule has 1 N–H and O–H groups in total. The lowest BCUT2D eigenvalue weighted by molar-refractivity contribution is -0.118. The van der Waals surface area contributed by atoms with Crippen LogP contribution in [0.5, 0.6) is 0 Å². The molecular weight excluding hydrogens is 228 g/mol. The molecule has 0 bridgehead atoms. The SMILES string of the molecule is Cc1nc([C@@H]2CCCN2)nc2c1CCC(=O)N2C. The van der Waals surface area contributed by atoms with E-state index >= 15 is 0 Å². The molecule has 3 rings (SSSR count). The smallest absolute Gasteiger partial charge is 0.228 e. The summed E-state index contributed by atoms with van der Waals surface area (Å²) in [6.45, 7) is 3.04. The Bertz CT molecular complexity index is 494. The van der Waals surface area contributed by atoms with Crippen molar-refractivity contribution in [1.29, 1.82) is 0 Å². The number of hydrogen-bond donors (Lipinski definition) is 1. The Balaban J connectivity index is 2.04. The van der Waals surface area contributed by atoms with Gasteiger partial charge in [-0.1, -0.05) is 0 Å². The lowest BCUT2D eigenvalue weighted by atomic mass is 10.0. The summed E-state index contributed by atoms with van der Waals surface area (Å²) in [5, 5.41) is 3.40. The van der Waals surface area contributed by atoms with E-state index in [-0.39, 0.29) is 11.9 Å². The molecule has 96 valence electrons. The van der Waals surface area contributed by atoms with Crippen molar-refractivity contribution >= 4 is 11.7 Å². The number of aromatic nitrogens is 2. The van der Waals surface area contributed by atoms with Crippen LogP contribution in [0.3, 0.4) is 0 Å². The Morgan fingerprint density at radius 2 is 2.17 bits per heavy atom. The Kier molecular flexibility index (Phi) is 2.78. The monoisotopic (exact) mass is 246 g/mol. The van der Waals surface area contributed by atoms with Crippen molar-refractivity contribution in [1.82, 2.24) is 15.3 Å². The van der Waals surface area contributed by atoms with E-state index in [0.29, 0.717) is 6.42 Å². The number of nitrogens with zero attached hydrogens (tertiary/aromatic N) is 3. The van der Waals surface area contributed by atoms with Crippen molar-refractivity contribution in [2.75, 3.05) is 18.5 Å². The number of anilines is 1. The number of amides is 1. The molecule has 2 aliphatic heterocycles. The quantitative estimate of drug-likeness (QED) is 0.806. The third kappa shape index (κ3) is 1.79. The van der Waals surface area contributed by atoms with Gasteiger partial charge in [-0.15, -0.1) is 0 Å². The predicted molar refractivity (Wildman–Crippen MR) is 68.5 cm³/mol. The second kappa shape index (κ2) is 4.31. The molecule has 0 spiro atoms. The zero-order valence-corrected chi connectivity index (χ0v) is 10.9. The molecule has 0 aromatic carbocycles. The first kappa shape index (κ1) is 11.6. The average Bonchev–Trinajstić information content (AvgIpc) is 2.88. The van der Waals surface area contributed by atoms with Gasteiger partial charge in [0.05, 0.1) is 6.04 Å². The lowest BCUT2D eigenvalue weighted by Crippen LogP contribution is -2.33. The second-order valence-corrected chi connectivity index (χ2v) is 5.07. The molecule has 1 amide bonds. The number of hydrogen-bond acceptors (Lipinski definition) is 4. The fourth-order valence-corrected chi connectivity index (χ4v) is 2.75. The van der Waals surface area contributed by atoms with Gasteiger partial charge in [-0.3, -0.25) is 9.69 Å². The van der Waals surface area contributed by atoms with Crippen LogP contribution in [0.4, 0.5) is 5.82 Å². The van der Waals surface area contributed by atoms with Crippen LogP contribution in [-0.2, 0) is 11.2 Å². The molecule has 0 unspecified atom stereocenters. The first-order chi connectivity index (χ1) is 8.66. The third-order valence-corrected chi connectivity index (χ3v) is 3.86. The van der Waals surface area contributed by atoms with Crippen LogP contribution in [0.1, 0.15) is 42.4 Å². The van der Waals surface area contributed by atoms with Crippen LogP contribution in [0.15, 0.2) is 0 Å². The van der Waals surface area contributed by atoms with Gasteiger partial charge in [-0.05, 0) is 32.7 Å². The van der Waals surface area contributed by atoms with Gasteiger partial charge in [0.15, 0.2) is 0 Å². The van der Waals surface area contributed by atoms with Gasteiger partial charge in [-0.2, -0.15) is 0 Å². The molecule has 1 fully saturated rings. The molecule has 0 saturated carbocycles. The minimum absolute atomic E-state index is 0.144. The summed E-state index contributed by atoms with van der Waals surface area (Å²) in [6, 6.07) is 0.249. The highest BCUT2D eigenvalue weighted by atomic mass is 16.2. The third-order valence-electron chi connectivity index (χ3n) is 3.86. The van der Waals surface area contributed by atoms with E-state index in [1.165, 1.54) is 6.42 Å². The zero-order valence-electron chi connectivity index (χ0n) is 10.9. The Hall–Kier alpha value is -1.49. The van der Waals surface area contributed by atoms with Crippen molar-refractivity contribution in [3.8, 4) is 0 Å². The molecule has 5 nitrogen and oxygen atoms in total. The Morgan fingerprint density at radius 1 is 1.33 bits per heavy atom. The number of rotatable bonds is 1. The van der Waals surface area contributed by atoms with Crippen LogP contribution in [0, 0.1) is 6.92 Å². The lowest BCUT2D eigenvalue weighted by Gasteiger charge is -2.26. The van der Waals surface area contributed by atoms with E-state index in [9.17, 15) is 4.79 Å². The van der Waals surface area contributed by atoms with Gasteiger partial charge in [0.2, 0.25) is 5.91 Å². The average molecular weight is 246 g/mol. The normalized spacial score (nSPS) is 23.3. The molecular formula is C13H18N4O. The predicted octanol–water partition coefficient (Wildman–Crippen LogP) is 1.12. The molecule has 18 heavy (non-hydrogen) atoms. The molecule has 0 radical (unpaired) electrons. The molecule has 1 aromatic heterocycles. The van der Waals surface area contributed by atoms with Gasteiger partial charge in [-0.25, -0.2) is 9.97 Å². The fraction of sp³-hybridized carbons (Fsp3) is 0.615. The maximum Gasteiger partial charge on any atom is 0.228 e. The van der Waals surface area contributed by atoms with Gasteiger partial charge >= 0.3 is 0 Å². The van der Waals surface area contributed by atoms with Gasteiger partial charge in [0.25, 0.3) is 0 Å². The number of carbonyl (C=O) groups is 1. The zero-order chi connectivity index (χ0) is 12.7. The van der Waals surface area contributed by atoms with Crippen LogP contribution in [0.2, 0.25) is 0 Å². The summed E-state index contributed by atoms with van der Waals surface area (Å²) in [4.78, 5) is 22.7. The van der Waals surface area contributed by atoms with E-state index in [0.717, 1.165) is 42.3 Å². The number of carbonyl (C=O) groups excluding carboxylic acids is 1. The molecule has 5 heteroatoms. The molecule has 2 aliphatic rings. The van der Waals surface area contributed by atoms with Gasteiger partial charge in [0, 0.05) is 24.7 Å². The molecule has 1 aromatic rings. The highest BCUT2D eigenvalue weighted by Crippen LogP contribution is 2.29. The topological polar surface area (TPSA) is 58.1 Å². The van der Waals surface area contributed by atoms with Gasteiger partial charge in [0.1, 0.15) is 11.6 Å². The summed E-state index contributed by atoms with van der Waals surface area (Å²) in [5.41, 5.74) is 2.14. The number of fused-ring (bicyclic) bond motifs is 1. The van der Waals surface area contributed by atoms with E-state index in [1.54, 1.807) is 11.9 Å². The Labute approximate surface area is 107 Å². The molecule has 0 aliphatic carbocycles. The molecule has 3 heterocycles. The van der Waals surface area contributed by atoms with Gasteiger partial charge < -0.3 is 5.32 Å². The fourth-order valence-electron chi connectivity index (χ4n) is 2.75. The Morgan fingerprint density at radius 3 is 2.89 bits per heavy atom. The summed E-state index contributed by atoms with van der Waals surface area (Å²) in [7, 11) is 1.80. The van der Waals surface area contributed by atoms with Crippen LogP contribution >= 0.6 is 0 Å². The standard InChI is InChI=1S/C13H18N4O/c1-8-9-5-6-11(18)17(2)13(9)16-12(15-8)10-4-3-7-14-10/h10,14H,3-7H2,1-2H3/t10-/m0/s1. The highest BCUT2D eigenvalue weighted by Gasteiger charge is 2.27. The van der Waals surface area contributed by atoms with Crippen molar-refractivity contribution in [3.63, 3.8) is 0 Å². The summed E-state index contributed by atoms with van der Waals surface area (Å²) in [5.74, 6) is 1.79. The van der Waals surface area contributed by atoms with Crippen LogP contribution < -0.4 is 10.2 Å². The van der Waals surface area contributed by atoms with Crippen molar-refractivity contribution in [3.05, 3.63) is 17.1 Å². The minimum Gasteiger partial charge on any atom is -0.307 e. The summed E-state index contributed by atoms with van der Waals surface area (Å²) < 4.78 is 0. The number of aryl methyl sites for hydroxylation is 1. The van der Waals surface area contributed by atoms with Crippen LogP contribution in [-0.4, -0.2) is 29.5 Å². The molecule has 1 saturated heterocycles. The summed E-state index contributed by atoms with van der Waals surface area (Å²) >= 11 is 0. The van der Waals surface area contributed by atoms with E-state index < -0.39 is 0 Å². The van der Waals surface area contributed by atoms with E-state index in [1.807, 2.05) is 6.92 Å². The largest absolute Gasteiger partial charge is 0.307 e. The maximum atomic E-state index is 11.8. The van der Waals surface area contributed by atoms with E-state index in [4.69, 9.17) is 0 Å². The maximum absolute atomic E-state index is 11.8. The second-order valence-electron chi connectivity index (χ2n) is 5.07. The number of nitrogens with one attached hydrogen (secondary N) is 1. The first-order valence-electron chi connectivity index (χ1n) is 6.54. The van der Waals surface area contributed by atoms with Crippen molar-refractivity contribution in [2.45, 2.75) is 38.6 Å². The summed E-state index contributed by atoms with van der Waals surface area (Å²) in [6.07, 6.45) is 3.58. The minimum atomic E-state index is 0.144. The van der Waals surface area contributed by atoms with E-state index in [2.05, 4.69) is 15.3 Å². The van der Waals surface area contributed by atoms with Crippen LogP contribution in [0.25, 0.3) is 0 Å². The first-order valence-corrected chi connectivity index (χ1v) is 6.54. The van der Waals surface area contributed by atoms with Crippen molar-refractivity contribution in [2.24, 2.45) is 0 Å².